The lowest BCUT2D eigenvalue weighted by atomic mass is 10.1. The molecule has 0 heterocycles. The number of allylic oxidation sites excluding steroid dienone is 6. The first-order valence-corrected chi connectivity index (χ1v) is 4.98. The van der Waals surface area contributed by atoms with E-state index in [0.29, 0.717) is 0 Å². The van der Waals surface area contributed by atoms with E-state index in [9.17, 15) is 0 Å². The second kappa shape index (κ2) is 6.90. The second-order valence-corrected chi connectivity index (χ2v) is 3.23. The van der Waals surface area contributed by atoms with Gasteiger partial charge in [-0.1, -0.05) is 49.3 Å². The maximum Gasteiger partial charge on any atom is -0.0348 e. The number of rotatable bonds is 0. The highest BCUT2D eigenvalue weighted by Gasteiger charge is 1.87. The van der Waals surface area contributed by atoms with Gasteiger partial charge < -0.3 is 0 Å². The third kappa shape index (κ3) is 4.95. The van der Waals surface area contributed by atoms with Crippen LogP contribution in [0.25, 0.3) is 0 Å². The van der Waals surface area contributed by atoms with Gasteiger partial charge in [0.25, 0.3) is 0 Å². The Morgan fingerprint density at radius 1 is 0.500 bits per heavy atom. The van der Waals surface area contributed by atoms with Crippen molar-refractivity contribution in [1.29, 1.82) is 0 Å². The molecule has 0 heteroatoms. The molecule has 1 rings (SSSR count). The van der Waals surface area contributed by atoms with E-state index >= 15 is 0 Å². The van der Waals surface area contributed by atoms with Gasteiger partial charge in [-0.05, 0) is 25.7 Å². The summed E-state index contributed by atoms with van der Waals surface area (Å²) in [5, 5.41) is 0. The van der Waals surface area contributed by atoms with E-state index in [-0.39, 0.29) is 0 Å². The van der Waals surface area contributed by atoms with Gasteiger partial charge >= 0.3 is 0 Å². The summed E-state index contributed by atoms with van der Waals surface area (Å²) in [6, 6.07) is 0. The van der Waals surface area contributed by atoms with E-state index in [1.54, 1.807) is 0 Å². The highest BCUT2D eigenvalue weighted by molar-refractivity contribution is 5.11. The maximum atomic E-state index is 2.26. The lowest BCUT2D eigenvalue weighted by Gasteiger charge is -1.96. The van der Waals surface area contributed by atoms with Gasteiger partial charge in [0.1, 0.15) is 0 Å². The molecule has 0 amide bonds. The van der Waals surface area contributed by atoms with Crippen molar-refractivity contribution in [2.75, 3.05) is 0 Å². The predicted octanol–water partition coefficient (Wildman–Crippen LogP) is 4.01. The predicted molar refractivity (Wildman–Crippen MR) is 55.1 cm³/mol. The van der Waals surface area contributed by atoms with Crippen molar-refractivity contribution in [3.63, 3.8) is 0 Å². The molecule has 0 aromatic carbocycles. The Balaban J connectivity index is 2.32. The number of hydrogen-bond donors (Lipinski definition) is 0. The summed E-state index contributed by atoms with van der Waals surface area (Å²) in [6.07, 6.45) is 21.0. The van der Waals surface area contributed by atoms with Gasteiger partial charge in [0.15, 0.2) is 0 Å². The van der Waals surface area contributed by atoms with Crippen LogP contribution in [-0.4, -0.2) is 0 Å². The lowest BCUT2D eigenvalue weighted by molar-refractivity contribution is 0.652. The minimum Gasteiger partial charge on any atom is -0.0845 e. The van der Waals surface area contributed by atoms with Gasteiger partial charge in [0, 0.05) is 0 Å². The fourth-order valence-corrected chi connectivity index (χ4v) is 1.36. The fourth-order valence-electron chi connectivity index (χ4n) is 1.36. The van der Waals surface area contributed by atoms with Crippen molar-refractivity contribution < 1.29 is 0 Å². The molecule has 0 radical (unpaired) electrons. The molecule has 0 saturated carbocycles. The van der Waals surface area contributed by atoms with Crippen molar-refractivity contribution in [3.05, 3.63) is 36.5 Å². The molecule has 0 aromatic rings. The van der Waals surface area contributed by atoms with Gasteiger partial charge in [0.2, 0.25) is 0 Å². The molecule has 0 atom stereocenters. The molecule has 0 fully saturated rings. The summed E-state index contributed by atoms with van der Waals surface area (Å²) < 4.78 is 0. The highest BCUT2D eigenvalue weighted by Crippen LogP contribution is 2.07. The van der Waals surface area contributed by atoms with Crippen LogP contribution in [0.1, 0.15) is 38.5 Å². The summed E-state index contributed by atoms with van der Waals surface area (Å²) >= 11 is 0. The zero-order valence-electron chi connectivity index (χ0n) is 7.71. The molecule has 1 aliphatic carbocycles. The average molecular weight is 162 g/mol. The van der Waals surface area contributed by atoms with E-state index in [1.165, 1.54) is 38.5 Å². The monoisotopic (exact) mass is 162 g/mol. The van der Waals surface area contributed by atoms with Crippen molar-refractivity contribution >= 4 is 0 Å². The molecular weight excluding hydrogens is 144 g/mol. The van der Waals surface area contributed by atoms with E-state index in [1.807, 2.05) is 0 Å². The largest absolute Gasteiger partial charge is 0.0845 e. The van der Waals surface area contributed by atoms with E-state index < -0.39 is 0 Å². The minimum atomic E-state index is 1.24. The van der Waals surface area contributed by atoms with Crippen LogP contribution in [0.4, 0.5) is 0 Å². The Hall–Kier alpha value is -0.780. The Bertz CT molecular complexity index is 152. The van der Waals surface area contributed by atoms with Crippen LogP contribution in [0.2, 0.25) is 0 Å². The summed E-state index contributed by atoms with van der Waals surface area (Å²) in [7, 11) is 0. The van der Waals surface area contributed by atoms with E-state index in [0.717, 1.165) is 0 Å². The summed E-state index contributed by atoms with van der Waals surface area (Å²) in [4.78, 5) is 0. The van der Waals surface area contributed by atoms with Gasteiger partial charge in [-0.15, -0.1) is 0 Å². The Morgan fingerprint density at radius 2 is 1.00 bits per heavy atom. The fraction of sp³-hybridized carbons (Fsp3) is 0.500. The van der Waals surface area contributed by atoms with E-state index in [4.69, 9.17) is 0 Å². The smallest absolute Gasteiger partial charge is 0.0348 e. The van der Waals surface area contributed by atoms with Crippen LogP contribution >= 0.6 is 0 Å². The molecule has 0 bridgehead atoms. The van der Waals surface area contributed by atoms with Crippen molar-refractivity contribution in [3.8, 4) is 0 Å². The molecule has 0 nitrogen and oxygen atoms in total. The normalized spacial score (nSPS) is 28.0. The van der Waals surface area contributed by atoms with E-state index in [2.05, 4.69) is 36.5 Å². The number of hydrogen-bond acceptors (Lipinski definition) is 0. The van der Waals surface area contributed by atoms with Crippen molar-refractivity contribution in [2.24, 2.45) is 0 Å². The van der Waals surface area contributed by atoms with Crippen LogP contribution in [0.5, 0.6) is 0 Å². The molecule has 12 heavy (non-hydrogen) atoms. The zero-order valence-corrected chi connectivity index (χ0v) is 7.71. The van der Waals surface area contributed by atoms with Gasteiger partial charge in [-0.25, -0.2) is 0 Å². The van der Waals surface area contributed by atoms with Crippen LogP contribution in [0.15, 0.2) is 36.5 Å². The molecule has 0 aromatic heterocycles. The Kier molecular flexibility index (Phi) is 5.35. The van der Waals surface area contributed by atoms with Gasteiger partial charge in [0.05, 0.1) is 0 Å². The molecule has 66 valence electrons. The molecule has 0 spiro atoms. The Morgan fingerprint density at radius 3 is 1.50 bits per heavy atom. The third-order valence-corrected chi connectivity index (χ3v) is 2.10. The van der Waals surface area contributed by atoms with Crippen LogP contribution < -0.4 is 0 Å². The van der Waals surface area contributed by atoms with Crippen LogP contribution in [-0.2, 0) is 0 Å². The van der Waals surface area contributed by atoms with Gasteiger partial charge in [-0.2, -0.15) is 0 Å². The first-order chi connectivity index (χ1) is 6.00. The summed E-state index contributed by atoms with van der Waals surface area (Å²) in [5.41, 5.74) is 0. The molecular formula is C12H18. The SMILES string of the molecule is C1=C\CCCCCC\C=C/C=C/1. The van der Waals surface area contributed by atoms with Crippen molar-refractivity contribution in [2.45, 2.75) is 38.5 Å². The lowest BCUT2D eigenvalue weighted by Crippen LogP contribution is -1.77. The Labute approximate surface area is 75.7 Å². The molecule has 1 aliphatic rings. The maximum absolute atomic E-state index is 2.26. The third-order valence-electron chi connectivity index (χ3n) is 2.10. The van der Waals surface area contributed by atoms with Crippen molar-refractivity contribution in [1.82, 2.24) is 0 Å². The average Bonchev–Trinajstić information content (AvgIpc) is 2.05. The standard InChI is InChI=1S/C12H18/c1-2-4-6-8-10-12-11-9-7-5-3-1/h1-6H,7-12H2/b2-1+,5-3-,6-4-. The van der Waals surface area contributed by atoms with Crippen LogP contribution in [0.3, 0.4) is 0 Å². The first kappa shape index (κ1) is 9.31. The molecule has 0 unspecified atom stereocenters. The summed E-state index contributed by atoms with van der Waals surface area (Å²) in [6.45, 7) is 0. The molecule has 0 N–H and O–H groups in total. The zero-order chi connectivity index (χ0) is 8.49. The molecule has 0 saturated heterocycles. The minimum absolute atomic E-state index is 1.24. The van der Waals surface area contributed by atoms with Crippen LogP contribution in [0, 0.1) is 0 Å². The summed E-state index contributed by atoms with van der Waals surface area (Å²) in [5.74, 6) is 0. The highest BCUT2D eigenvalue weighted by atomic mass is 13.9. The topological polar surface area (TPSA) is 0 Å². The second-order valence-electron chi connectivity index (χ2n) is 3.23. The molecule has 0 aliphatic heterocycles. The first-order valence-electron chi connectivity index (χ1n) is 4.98. The van der Waals surface area contributed by atoms with Gasteiger partial charge in [-0.3, -0.25) is 0 Å². The quantitative estimate of drug-likeness (QED) is 0.505.